The zero-order valence-corrected chi connectivity index (χ0v) is 17.6. The molecule has 7 nitrogen and oxygen atoms in total. The fraction of sp³-hybridized carbons (Fsp3) is 0.227. The maximum atomic E-state index is 12.7. The lowest BCUT2D eigenvalue weighted by Gasteiger charge is -2.14. The Balaban J connectivity index is 1.57. The smallest absolute Gasteiger partial charge is 0.330 e. The molecular weight excluding hydrogens is 404 g/mol. The molecule has 0 aliphatic carbocycles. The molecule has 0 fully saturated rings. The Morgan fingerprint density at radius 3 is 2.57 bits per heavy atom. The van der Waals surface area contributed by atoms with E-state index in [2.05, 4.69) is 10.3 Å². The van der Waals surface area contributed by atoms with Gasteiger partial charge in [-0.25, -0.2) is 4.79 Å². The summed E-state index contributed by atoms with van der Waals surface area (Å²) in [6.07, 6.45) is 0. The molecule has 0 aliphatic heterocycles. The van der Waals surface area contributed by atoms with Crippen LogP contribution >= 0.6 is 11.6 Å². The van der Waals surface area contributed by atoms with Crippen molar-refractivity contribution in [3.8, 4) is 0 Å². The minimum Gasteiger partial charge on any atom is -0.355 e. The van der Waals surface area contributed by atoms with Crippen LogP contribution in [0.3, 0.4) is 0 Å². The number of amides is 1. The highest BCUT2D eigenvalue weighted by Crippen LogP contribution is 2.30. The monoisotopic (exact) mass is 424 g/mol. The second-order valence-electron chi connectivity index (χ2n) is 7.43. The SMILES string of the molecule is C[C@H](C(=O)NCc1cc(=O)n(C)c(=O)n1C)c1ccc2c(c1)[nH]c1ccc(Cl)cc12. The summed E-state index contributed by atoms with van der Waals surface area (Å²) in [5.41, 5.74) is 2.39. The molecule has 154 valence electrons. The molecule has 8 heteroatoms. The third-order valence-corrected chi connectivity index (χ3v) is 5.78. The molecule has 4 rings (SSSR count). The quantitative estimate of drug-likeness (QED) is 0.528. The second-order valence-corrected chi connectivity index (χ2v) is 7.87. The van der Waals surface area contributed by atoms with E-state index in [4.69, 9.17) is 11.6 Å². The molecule has 0 aliphatic rings. The number of nitrogens with zero attached hydrogens (tertiary/aromatic N) is 2. The number of hydrogen-bond acceptors (Lipinski definition) is 3. The van der Waals surface area contributed by atoms with E-state index >= 15 is 0 Å². The molecule has 1 atom stereocenters. The summed E-state index contributed by atoms with van der Waals surface area (Å²) in [6, 6.07) is 12.9. The second kappa shape index (κ2) is 7.50. The highest BCUT2D eigenvalue weighted by atomic mass is 35.5. The Morgan fingerprint density at radius 2 is 1.80 bits per heavy atom. The van der Waals surface area contributed by atoms with Gasteiger partial charge in [-0.05, 0) is 36.8 Å². The highest BCUT2D eigenvalue weighted by Gasteiger charge is 2.17. The topological polar surface area (TPSA) is 88.9 Å². The van der Waals surface area contributed by atoms with Gasteiger partial charge in [-0.2, -0.15) is 0 Å². The Hall–Kier alpha value is -3.32. The van der Waals surface area contributed by atoms with Gasteiger partial charge in [0.05, 0.1) is 12.5 Å². The van der Waals surface area contributed by atoms with Gasteiger partial charge in [0.25, 0.3) is 5.56 Å². The zero-order valence-electron chi connectivity index (χ0n) is 16.8. The minimum absolute atomic E-state index is 0.0954. The van der Waals surface area contributed by atoms with Crippen molar-refractivity contribution in [1.29, 1.82) is 0 Å². The van der Waals surface area contributed by atoms with Gasteiger partial charge in [-0.15, -0.1) is 0 Å². The van der Waals surface area contributed by atoms with Crippen LogP contribution < -0.4 is 16.6 Å². The Kier molecular flexibility index (Phi) is 4.99. The average Bonchev–Trinajstić information content (AvgIpc) is 3.10. The van der Waals surface area contributed by atoms with Gasteiger partial charge in [0, 0.05) is 52.7 Å². The van der Waals surface area contributed by atoms with Crippen LogP contribution in [-0.4, -0.2) is 20.0 Å². The first-order chi connectivity index (χ1) is 14.3. The fourth-order valence-corrected chi connectivity index (χ4v) is 3.77. The van der Waals surface area contributed by atoms with E-state index in [0.29, 0.717) is 10.7 Å². The van der Waals surface area contributed by atoms with E-state index in [1.165, 1.54) is 17.7 Å². The van der Waals surface area contributed by atoms with Crippen LogP contribution in [0.2, 0.25) is 5.02 Å². The fourth-order valence-electron chi connectivity index (χ4n) is 3.59. The summed E-state index contributed by atoms with van der Waals surface area (Å²) in [7, 11) is 2.99. The lowest BCUT2D eigenvalue weighted by Crippen LogP contribution is -2.39. The minimum atomic E-state index is -0.427. The largest absolute Gasteiger partial charge is 0.355 e. The van der Waals surface area contributed by atoms with Gasteiger partial charge in [0.2, 0.25) is 5.91 Å². The third-order valence-electron chi connectivity index (χ3n) is 5.55. The van der Waals surface area contributed by atoms with Crippen LogP contribution in [0, 0.1) is 0 Å². The van der Waals surface area contributed by atoms with Gasteiger partial charge in [0.15, 0.2) is 0 Å². The first kappa shape index (κ1) is 20.0. The summed E-state index contributed by atoms with van der Waals surface area (Å²) in [5, 5.41) is 5.57. The molecule has 0 spiro atoms. The van der Waals surface area contributed by atoms with Gasteiger partial charge in [-0.1, -0.05) is 23.7 Å². The van der Waals surface area contributed by atoms with E-state index in [-0.39, 0.29) is 12.5 Å². The van der Waals surface area contributed by atoms with Crippen molar-refractivity contribution < 1.29 is 4.79 Å². The Labute approximate surface area is 176 Å². The number of carbonyl (C=O) groups excluding carboxylic acids is 1. The molecule has 0 saturated carbocycles. The maximum Gasteiger partial charge on any atom is 0.330 e. The van der Waals surface area contributed by atoms with E-state index in [0.717, 1.165) is 31.9 Å². The number of H-pyrrole nitrogens is 1. The van der Waals surface area contributed by atoms with Crippen LogP contribution in [0.15, 0.2) is 52.1 Å². The van der Waals surface area contributed by atoms with Crippen LogP contribution in [0.5, 0.6) is 0 Å². The Morgan fingerprint density at radius 1 is 1.03 bits per heavy atom. The summed E-state index contributed by atoms with van der Waals surface area (Å²) in [6.45, 7) is 1.91. The molecule has 2 N–H and O–H groups in total. The van der Waals surface area contributed by atoms with Crippen molar-refractivity contribution in [2.24, 2.45) is 14.1 Å². The number of carbonyl (C=O) groups is 1. The number of aromatic nitrogens is 3. The van der Waals surface area contributed by atoms with Crippen molar-refractivity contribution in [3.05, 3.63) is 79.6 Å². The third kappa shape index (κ3) is 3.41. The van der Waals surface area contributed by atoms with Crippen molar-refractivity contribution >= 4 is 39.3 Å². The van der Waals surface area contributed by atoms with Crippen molar-refractivity contribution in [2.45, 2.75) is 19.4 Å². The van der Waals surface area contributed by atoms with Crippen LogP contribution in [-0.2, 0) is 25.4 Å². The Bertz CT molecular complexity index is 1410. The average molecular weight is 425 g/mol. The van der Waals surface area contributed by atoms with E-state index < -0.39 is 17.2 Å². The van der Waals surface area contributed by atoms with Gasteiger partial charge in [0.1, 0.15) is 0 Å². The molecule has 2 aromatic heterocycles. The van der Waals surface area contributed by atoms with Gasteiger partial charge < -0.3 is 10.3 Å². The molecular formula is C22H21ClN4O3. The van der Waals surface area contributed by atoms with Gasteiger partial charge >= 0.3 is 5.69 Å². The molecule has 0 radical (unpaired) electrons. The summed E-state index contributed by atoms with van der Waals surface area (Å²) >= 11 is 6.11. The van der Waals surface area contributed by atoms with Crippen molar-refractivity contribution in [2.75, 3.05) is 0 Å². The van der Waals surface area contributed by atoms with Crippen molar-refractivity contribution in [1.82, 2.24) is 19.4 Å². The lowest BCUT2D eigenvalue weighted by molar-refractivity contribution is -0.122. The molecule has 2 aromatic carbocycles. The molecule has 0 saturated heterocycles. The standard InChI is InChI=1S/C22H21ClN4O3/c1-12(21(29)24-11-15-10-20(28)27(3)22(30)26(15)2)13-4-6-16-17-9-14(23)5-7-18(17)25-19(16)8-13/h4-10,12,25H,11H2,1-3H3,(H,24,29)/t12-/m0/s1. The van der Waals surface area contributed by atoms with E-state index in [1.807, 2.05) is 43.3 Å². The summed E-state index contributed by atoms with van der Waals surface area (Å²) < 4.78 is 2.38. The number of halogens is 1. The van der Waals surface area contributed by atoms with Crippen molar-refractivity contribution in [3.63, 3.8) is 0 Å². The molecule has 0 unspecified atom stereocenters. The molecule has 2 heterocycles. The van der Waals surface area contributed by atoms with E-state index in [9.17, 15) is 14.4 Å². The number of aromatic amines is 1. The number of rotatable bonds is 4. The lowest BCUT2D eigenvalue weighted by atomic mass is 9.98. The molecule has 1 amide bonds. The number of benzene rings is 2. The maximum absolute atomic E-state index is 12.7. The highest BCUT2D eigenvalue weighted by molar-refractivity contribution is 6.31. The zero-order chi connectivity index (χ0) is 21.6. The number of hydrogen-bond donors (Lipinski definition) is 2. The number of nitrogens with one attached hydrogen (secondary N) is 2. The van der Waals surface area contributed by atoms with Crippen LogP contribution in [0.1, 0.15) is 24.1 Å². The summed E-state index contributed by atoms with van der Waals surface area (Å²) in [4.78, 5) is 40.0. The first-order valence-electron chi connectivity index (χ1n) is 9.51. The predicted molar refractivity (Wildman–Crippen MR) is 118 cm³/mol. The molecule has 30 heavy (non-hydrogen) atoms. The van der Waals surface area contributed by atoms with E-state index in [1.54, 1.807) is 7.05 Å². The molecule has 0 bridgehead atoms. The number of fused-ring (bicyclic) bond motifs is 3. The first-order valence-corrected chi connectivity index (χ1v) is 9.88. The van der Waals surface area contributed by atoms with Crippen LogP contribution in [0.4, 0.5) is 0 Å². The normalized spacial score (nSPS) is 12.4. The molecule has 4 aromatic rings. The predicted octanol–water partition coefficient (Wildman–Crippen LogP) is 2.79. The summed E-state index contributed by atoms with van der Waals surface area (Å²) in [5.74, 6) is -0.602. The van der Waals surface area contributed by atoms with Gasteiger partial charge in [-0.3, -0.25) is 18.7 Å². The van der Waals surface area contributed by atoms with Crippen LogP contribution in [0.25, 0.3) is 21.8 Å².